The van der Waals surface area contributed by atoms with E-state index in [0.717, 1.165) is 41.7 Å². The summed E-state index contributed by atoms with van der Waals surface area (Å²) in [5, 5.41) is 8.34. The van der Waals surface area contributed by atoms with Gasteiger partial charge in [0, 0.05) is 60.3 Å². The highest BCUT2D eigenvalue weighted by Crippen LogP contribution is 2.34. The van der Waals surface area contributed by atoms with E-state index in [1.54, 1.807) is 48.3 Å². The molecule has 5 rings (SSSR count). The van der Waals surface area contributed by atoms with E-state index in [1.807, 2.05) is 25.4 Å². The minimum absolute atomic E-state index is 0.000884. The highest BCUT2D eigenvalue weighted by Gasteiger charge is 2.25. The molecule has 2 aromatic carbocycles. The zero-order valence-corrected chi connectivity index (χ0v) is 19.7. The lowest BCUT2D eigenvalue weighted by molar-refractivity contribution is 0.0932. The van der Waals surface area contributed by atoms with Crippen LogP contribution in [-0.2, 0) is 7.05 Å². The quantitative estimate of drug-likeness (QED) is 0.399. The molecule has 1 atom stereocenters. The summed E-state index contributed by atoms with van der Waals surface area (Å²) in [6.07, 6.45) is 5.53. The molecule has 1 saturated heterocycles. The fourth-order valence-electron chi connectivity index (χ4n) is 4.73. The van der Waals surface area contributed by atoms with Crippen molar-refractivity contribution in [2.75, 3.05) is 25.1 Å². The number of hydrogen-bond acceptors (Lipinski definition) is 5. The van der Waals surface area contributed by atoms with Gasteiger partial charge in [0.25, 0.3) is 11.8 Å². The summed E-state index contributed by atoms with van der Waals surface area (Å²) in [5.41, 5.74) is 10.2. The zero-order chi connectivity index (χ0) is 24.5. The summed E-state index contributed by atoms with van der Waals surface area (Å²) in [7, 11) is 3.46. The first kappa shape index (κ1) is 22.5. The number of carbonyl (C=O) groups excluding carboxylic acids is 2. The maximum atomic E-state index is 12.8. The van der Waals surface area contributed by atoms with Crippen LogP contribution < -0.4 is 20.7 Å². The molecule has 9 nitrogen and oxygen atoms in total. The number of piperidine rings is 1. The van der Waals surface area contributed by atoms with E-state index in [-0.39, 0.29) is 11.9 Å². The minimum atomic E-state index is -0.482. The van der Waals surface area contributed by atoms with Crippen LogP contribution >= 0.6 is 0 Å². The third-order valence-electron chi connectivity index (χ3n) is 6.50. The van der Waals surface area contributed by atoms with E-state index in [4.69, 9.17) is 10.5 Å². The van der Waals surface area contributed by atoms with Gasteiger partial charge in [0.1, 0.15) is 5.75 Å². The molecule has 2 aromatic heterocycles. The van der Waals surface area contributed by atoms with E-state index >= 15 is 0 Å². The Kier molecular flexibility index (Phi) is 5.90. The SMILES string of the molecule is COc1ccc(C(=O)N[C@@H]2CCCN(c3ccc(C(N)=O)c4[nH]c(-c5cnn(C)c5)cc34)C2)cc1. The van der Waals surface area contributed by atoms with Crippen LogP contribution in [0.4, 0.5) is 5.69 Å². The largest absolute Gasteiger partial charge is 0.497 e. The number of rotatable bonds is 6. The Balaban J connectivity index is 1.42. The number of nitrogens with zero attached hydrogens (tertiary/aromatic N) is 3. The molecule has 4 aromatic rings. The van der Waals surface area contributed by atoms with Gasteiger partial charge in [-0.3, -0.25) is 14.3 Å². The van der Waals surface area contributed by atoms with E-state index in [1.165, 1.54) is 0 Å². The maximum Gasteiger partial charge on any atom is 0.251 e. The number of benzene rings is 2. The van der Waals surface area contributed by atoms with Crippen molar-refractivity contribution < 1.29 is 14.3 Å². The van der Waals surface area contributed by atoms with E-state index in [2.05, 4.69) is 20.3 Å². The van der Waals surface area contributed by atoms with Crippen molar-refractivity contribution in [3.8, 4) is 17.0 Å². The lowest BCUT2D eigenvalue weighted by Gasteiger charge is -2.35. The van der Waals surface area contributed by atoms with Crippen LogP contribution in [-0.4, -0.2) is 52.8 Å². The van der Waals surface area contributed by atoms with Crippen LogP contribution in [0.2, 0.25) is 0 Å². The number of nitrogens with two attached hydrogens (primary N) is 1. The average Bonchev–Trinajstić information content (AvgIpc) is 3.50. The number of carbonyl (C=O) groups is 2. The zero-order valence-electron chi connectivity index (χ0n) is 19.7. The number of fused-ring (bicyclic) bond motifs is 1. The fourth-order valence-corrected chi connectivity index (χ4v) is 4.73. The molecule has 4 N–H and O–H groups in total. The van der Waals surface area contributed by atoms with E-state index < -0.39 is 5.91 Å². The van der Waals surface area contributed by atoms with Crippen LogP contribution in [0.5, 0.6) is 5.75 Å². The summed E-state index contributed by atoms with van der Waals surface area (Å²) in [6.45, 7) is 1.52. The molecule has 0 saturated carbocycles. The predicted molar refractivity (Wildman–Crippen MR) is 135 cm³/mol. The number of aromatic nitrogens is 3. The van der Waals surface area contributed by atoms with Gasteiger partial charge in [0.2, 0.25) is 0 Å². The standard InChI is InChI=1S/C26H28N6O3/c1-31-14-17(13-28-31)22-12-21-23(10-9-20(25(27)33)24(21)30-22)32-11-3-4-18(15-32)29-26(34)16-5-7-19(35-2)8-6-16/h5-10,12-14,18,30H,3-4,11,15H2,1-2H3,(H2,27,33)(H,29,34)/t18-/m1/s1. The number of amides is 2. The lowest BCUT2D eigenvalue weighted by atomic mass is 10.0. The van der Waals surface area contributed by atoms with Gasteiger partial charge in [-0.2, -0.15) is 5.10 Å². The van der Waals surface area contributed by atoms with Crippen LogP contribution in [0.1, 0.15) is 33.6 Å². The maximum absolute atomic E-state index is 12.8. The summed E-state index contributed by atoms with van der Waals surface area (Å²) in [5.74, 6) is 0.129. The van der Waals surface area contributed by atoms with Crippen molar-refractivity contribution in [1.82, 2.24) is 20.1 Å². The Hall–Kier alpha value is -4.27. The lowest BCUT2D eigenvalue weighted by Crippen LogP contribution is -2.47. The molecule has 0 bridgehead atoms. The molecule has 1 fully saturated rings. The Labute approximate surface area is 202 Å². The number of aromatic amines is 1. The molecule has 9 heteroatoms. The second-order valence-corrected chi connectivity index (χ2v) is 8.86. The van der Waals surface area contributed by atoms with Gasteiger partial charge in [-0.15, -0.1) is 0 Å². The molecule has 3 heterocycles. The van der Waals surface area contributed by atoms with E-state index in [0.29, 0.717) is 28.9 Å². The van der Waals surface area contributed by atoms with Crippen LogP contribution in [0.15, 0.2) is 54.9 Å². The van der Waals surface area contributed by atoms with Gasteiger partial charge < -0.3 is 25.7 Å². The van der Waals surface area contributed by atoms with Crippen LogP contribution in [0, 0.1) is 0 Å². The number of H-pyrrole nitrogens is 1. The van der Waals surface area contributed by atoms with Crippen molar-refractivity contribution in [3.63, 3.8) is 0 Å². The molecule has 0 radical (unpaired) electrons. The Morgan fingerprint density at radius 1 is 1.20 bits per heavy atom. The first-order valence-corrected chi connectivity index (χ1v) is 11.6. The van der Waals surface area contributed by atoms with Crippen LogP contribution in [0.25, 0.3) is 22.2 Å². The molecule has 1 aliphatic heterocycles. The summed E-state index contributed by atoms with van der Waals surface area (Å²) in [6, 6.07) is 12.8. The first-order valence-electron chi connectivity index (χ1n) is 11.6. The molecule has 0 spiro atoms. The smallest absolute Gasteiger partial charge is 0.251 e. The van der Waals surface area contributed by atoms with Crippen molar-refractivity contribution in [2.45, 2.75) is 18.9 Å². The topological polar surface area (TPSA) is 118 Å². The number of aryl methyl sites for hydroxylation is 1. The van der Waals surface area contributed by atoms with Crippen molar-refractivity contribution in [2.24, 2.45) is 12.8 Å². The van der Waals surface area contributed by atoms with Gasteiger partial charge in [-0.05, 0) is 55.3 Å². The number of anilines is 1. The van der Waals surface area contributed by atoms with Gasteiger partial charge in [0.05, 0.1) is 24.4 Å². The van der Waals surface area contributed by atoms with Crippen molar-refractivity contribution in [3.05, 3.63) is 66.0 Å². The molecule has 1 aliphatic rings. The number of ether oxygens (including phenoxy) is 1. The third kappa shape index (κ3) is 4.44. The second kappa shape index (κ2) is 9.17. The van der Waals surface area contributed by atoms with Crippen LogP contribution in [0.3, 0.4) is 0 Å². The van der Waals surface area contributed by atoms with E-state index in [9.17, 15) is 9.59 Å². The molecule has 180 valence electrons. The van der Waals surface area contributed by atoms with Gasteiger partial charge in [0.15, 0.2) is 0 Å². The molecule has 35 heavy (non-hydrogen) atoms. The normalized spacial score (nSPS) is 15.8. The molecule has 2 amide bonds. The van der Waals surface area contributed by atoms with Crippen molar-refractivity contribution >= 4 is 28.4 Å². The second-order valence-electron chi connectivity index (χ2n) is 8.86. The number of hydrogen-bond donors (Lipinski definition) is 3. The summed E-state index contributed by atoms with van der Waals surface area (Å²) < 4.78 is 6.91. The van der Waals surface area contributed by atoms with Gasteiger partial charge in [-0.25, -0.2) is 0 Å². The average molecular weight is 473 g/mol. The Morgan fingerprint density at radius 2 is 2.00 bits per heavy atom. The number of nitrogens with one attached hydrogen (secondary N) is 2. The minimum Gasteiger partial charge on any atom is -0.497 e. The number of primary amides is 1. The Bertz CT molecular complexity index is 1390. The molecule has 0 aliphatic carbocycles. The van der Waals surface area contributed by atoms with Gasteiger partial charge >= 0.3 is 0 Å². The highest BCUT2D eigenvalue weighted by molar-refractivity contribution is 6.10. The Morgan fingerprint density at radius 3 is 2.69 bits per heavy atom. The number of methoxy groups -OCH3 is 1. The molecular formula is C26H28N6O3. The molecule has 0 unspecified atom stereocenters. The highest BCUT2D eigenvalue weighted by atomic mass is 16.5. The predicted octanol–water partition coefficient (Wildman–Crippen LogP) is 3.07. The monoisotopic (exact) mass is 472 g/mol. The van der Waals surface area contributed by atoms with Gasteiger partial charge in [-0.1, -0.05) is 0 Å². The van der Waals surface area contributed by atoms with Crippen molar-refractivity contribution in [1.29, 1.82) is 0 Å². The summed E-state index contributed by atoms with van der Waals surface area (Å²) >= 11 is 0. The fraction of sp³-hybridized carbons (Fsp3) is 0.269. The third-order valence-corrected chi connectivity index (χ3v) is 6.50. The summed E-state index contributed by atoms with van der Waals surface area (Å²) in [4.78, 5) is 30.6. The molecular weight excluding hydrogens is 444 g/mol. The first-order chi connectivity index (χ1) is 16.9.